The van der Waals surface area contributed by atoms with E-state index in [1.807, 2.05) is 19.3 Å². The molecule has 0 spiro atoms. The Hall–Kier alpha value is -3.75. The molecule has 0 fully saturated rings. The van der Waals surface area contributed by atoms with Crippen molar-refractivity contribution in [3.8, 4) is 17.1 Å². The molecule has 0 saturated carbocycles. The molecule has 1 atom stereocenters. The van der Waals surface area contributed by atoms with Gasteiger partial charge in [0.15, 0.2) is 11.9 Å². The molecule has 1 aromatic heterocycles. The van der Waals surface area contributed by atoms with Crippen molar-refractivity contribution in [3.05, 3.63) is 77.1 Å². The van der Waals surface area contributed by atoms with E-state index in [1.54, 1.807) is 31.2 Å². The van der Waals surface area contributed by atoms with Crippen molar-refractivity contribution in [1.82, 2.24) is 9.97 Å². The zero-order valence-corrected chi connectivity index (χ0v) is 27.3. The lowest BCUT2D eigenvalue weighted by molar-refractivity contribution is -0.206. The fourth-order valence-electron chi connectivity index (χ4n) is 5.18. The topological polar surface area (TPSA) is 78.4 Å². The molecule has 3 rings (SSSR count). The van der Waals surface area contributed by atoms with Gasteiger partial charge in [0.1, 0.15) is 5.75 Å². The molecule has 0 unspecified atom stereocenters. The Morgan fingerprint density at radius 1 is 0.761 bits per heavy atom. The summed E-state index contributed by atoms with van der Waals surface area (Å²) in [4.78, 5) is 34.4. The predicted octanol–water partition coefficient (Wildman–Crippen LogP) is 10.4. The summed E-state index contributed by atoms with van der Waals surface area (Å²) in [6.45, 7) is 5.75. The summed E-state index contributed by atoms with van der Waals surface area (Å²) >= 11 is 0. The summed E-state index contributed by atoms with van der Waals surface area (Å²) in [5, 5.41) is 0. The Labute approximate surface area is 271 Å². The summed E-state index contributed by atoms with van der Waals surface area (Å²) in [5.41, 5.74) is 2.48. The summed E-state index contributed by atoms with van der Waals surface area (Å²) in [5.74, 6) is -0.962. The number of aryl methyl sites for hydroxylation is 2. The number of rotatable bonds is 19. The van der Waals surface area contributed by atoms with Crippen LogP contribution in [0.15, 0.2) is 54.9 Å². The van der Waals surface area contributed by atoms with E-state index in [9.17, 15) is 22.8 Å². The monoisotopic (exact) mass is 640 g/mol. The van der Waals surface area contributed by atoms with Crippen molar-refractivity contribution in [2.45, 2.75) is 123 Å². The van der Waals surface area contributed by atoms with Gasteiger partial charge >= 0.3 is 18.1 Å². The van der Waals surface area contributed by atoms with Gasteiger partial charge in [-0.25, -0.2) is 19.6 Å². The second kappa shape index (κ2) is 19.0. The van der Waals surface area contributed by atoms with Gasteiger partial charge in [0, 0.05) is 18.0 Å². The minimum absolute atomic E-state index is 0.0178. The lowest BCUT2D eigenvalue weighted by Crippen LogP contribution is -2.34. The number of hydrogen-bond acceptors (Lipinski definition) is 6. The first-order valence-corrected chi connectivity index (χ1v) is 16.6. The maximum absolute atomic E-state index is 13.5. The highest BCUT2D eigenvalue weighted by atomic mass is 19.4. The van der Waals surface area contributed by atoms with Crippen LogP contribution in [-0.2, 0) is 11.2 Å². The van der Waals surface area contributed by atoms with Crippen molar-refractivity contribution in [1.29, 1.82) is 0 Å². The maximum Gasteiger partial charge on any atom is 0.425 e. The van der Waals surface area contributed by atoms with Gasteiger partial charge in [-0.1, -0.05) is 90.2 Å². The van der Waals surface area contributed by atoms with E-state index in [-0.39, 0.29) is 17.7 Å². The van der Waals surface area contributed by atoms with Crippen molar-refractivity contribution >= 4 is 11.9 Å². The summed E-state index contributed by atoms with van der Waals surface area (Å²) < 4.78 is 50.7. The van der Waals surface area contributed by atoms with Gasteiger partial charge in [-0.3, -0.25) is 0 Å². The summed E-state index contributed by atoms with van der Waals surface area (Å²) in [6, 6.07) is 10.8. The molecule has 0 N–H and O–H groups in total. The van der Waals surface area contributed by atoms with Gasteiger partial charge in [0.25, 0.3) is 0 Å². The van der Waals surface area contributed by atoms with Crippen LogP contribution in [0.1, 0.15) is 129 Å². The molecule has 2 aromatic carbocycles. The van der Waals surface area contributed by atoms with Crippen molar-refractivity contribution in [2.24, 2.45) is 0 Å². The second-order valence-electron chi connectivity index (χ2n) is 11.9. The van der Waals surface area contributed by atoms with E-state index >= 15 is 0 Å². The molecule has 0 amide bonds. The van der Waals surface area contributed by atoms with E-state index < -0.39 is 24.2 Å². The van der Waals surface area contributed by atoms with Gasteiger partial charge < -0.3 is 9.47 Å². The summed E-state index contributed by atoms with van der Waals surface area (Å²) in [7, 11) is 0. The molecule has 0 bridgehead atoms. The molecule has 6 nitrogen and oxygen atoms in total. The number of esters is 2. The fourth-order valence-corrected chi connectivity index (χ4v) is 5.18. The van der Waals surface area contributed by atoms with Gasteiger partial charge in [0.05, 0.1) is 11.1 Å². The molecule has 9 heteroatoms. The van der Waals surface area contributed by atoms with Crippen LogP contribution >= 0.6 is 0 Å². The minimum atomic E-state index is -4.65. The first-order valence-electron chi connectivity index (χ1n) is 16.6. The van der Waals surface area contributed by atoms with Crippen LogP contribution in [0.5, 0.6) is 5.75 Å². The number of aromatic nitrogens is 2. The number of unbranched alkanes of at least 4 members (excludes halogenated alkanes) is 10. The van der Waals surface area contributed by atoms with Crippen LogP contribution in [0.4, 0.5) is 13.2 Å². The van der Waals surface area contributed by atoms with E-state index in [0.717, 1.165) is 36.8 Å². The normalized spacial score (nSPS) is 12.1. The smallest absolute Gasteiger partial charge is 0.425 e. The Morgan fingerprint density at radius 3 is 1.93 bits per heavy atom. The second-order valence-corrected chi connectivity index (χ2v) is 11.9. The number of ether oxygens (including phenoxy) is 2. The van der Waals surface area contributed by atoms with Gasteiger partial charge in [-0.2, -0.15) is 13.2 Å². The molecule has 250 valence electrons. The molecule has 46 heavy (non-hydrogen) atoms. The van der Waals surface area contributed by atoms with E-state index in [0.29, 0.717) is 29.8 Å². The number of halogens is 3. The van der Waals surface area contributed by atoms with Gasteiger partial charge in [-0.15, -0.1) is 0 Å². The Kier molecular flexibility index (Phi) is 15.2. The molecule has 0 aliphatic heterocycles. The Balaban J connectivity index is 1.51. The SMILES string of the molecule is CCCCCCCCCCc1cnc(-c2ccc(C(=O)Oc3ccc(C(=O)O[C@H](CCCCCC)C(F)(F)F)c(C)c3)cc2)nc1. The molecular weight excluding hydrogens is 593 g/mol. The number of hydrogen-bond donors (Lipinski definition) is 0. The quantitative estimate of drug-likeness (QED) is 0.0737. The molecule has 0 aliphatic rings. The molecule has 0 radical (unpaired) electrons. The number of carbonyl (C=O) groups excluding carboxylic acids is 2. The van der Waals surface area contributed by atoms with Crippen LogP contribution in [-0.4, -0.2) is 34.2 Å². The van der Waals surface area contributed by atoms with Crippen LogP contribution in [0, 0.1) is 6.92 Å². The van der Waals surface area contributed by atoms with Gasteiger partial charge in [0.2, 0.25) is 0 Å². The van der Waals surface area contributed by atoms with Crippen LogP contribution < -0.4 is 4.74 Å². The highest BCUT2D eigenvalue weighted by Gasteiger charge is 2.42. The van der Waals surface area contributed by atoms with E-state index in [1.165, 1.54) is 63.1 Å². The van der Waals surface area contributed by atoms with E-state index in [2.05, 4.69) is 16.9 Å². The van der Waals surface area contributed by atoms with Gasteiger partial charge in [-0.05, 0) is 74.1 Å². The number of nitrogens with zero attached hydrogens (tertiary/aromatic N) is 2. The lowest BCUT2D eigenvalue weighted by atomic mass is 10.1. The maximum atomic E-state index is 13.5. The highest BCUT2D eigenvalue weighted by Crippen LogP contribution is 2.29. The third-order valence-electron chi connectivity index (χ3n) is 7.97. The number of benzene rings is 2. The third kappa shape index (κ3) is 12.2. The molecule has 0 aliphatic carbocycles. The highest BCUT2D eigenvalue weighted by molar-refractivity contribution is 5.93. The summed E-state index contributed by atoms with van der Waals surface area (Å²) in [6.07, 6.45) is 10.4. The third-order valence-corrected chi connectivity index (χ3v) is 7.97. The van der Waals surface area contributed by atoms with Crippen molar-refractivity contribution < 1.29 is 32.2 Å². The Morgan fingerprint density at radius 2 is 1.35 bits per heavy atom. The average Bonchev–Trinajstić information content (AvgIpc) is 3.03. The van der Waals surface area contributed by atoms with E-state index in [4.69, 9.17) is 9.47 Å². The van der Waals surface area contributed by atoms with Crippen molar-refractivity contribution in [2.75, 3.05) is 0 Å². The van der Waals surface area contributed by atoms with Crippen molar-refractivity contribution in [3.63, 3.8) is 0 Å². The first kappa shape index (κ1) is 36.7. The largest absolute Gasteiger partial charge is 0.449 e. The molecule has 3 aromatic rings. The van der Waals surface area contributed by atoms with Crippen LogP contribution in [0.2, 0.25) is 0 Å². The zero-order valence-electron chi connectivity index (χ0n) is 27.3. The zero-order chi connectivity index (χ0) is 33.4. The first-order chi connectivity index (χ1) is 22.1. The number of carbonyl (C=O) groups is 2. The molecular formula is C37H47F3N2O4. The average molecular weight is 641 g/mol. The molecule has 0 saturated heterocycles. The lowest BCUT2D eigenvalue weighted by Gasteiger charge is -2.21. The number of alkyl halides is 3. The Bertz CT molecular complexity index is 1360. The fraction of sp³-hybridized carbons (Fsp3) is 0.514. The standard InChI is InChI=1S/C37H47F3N2O4/c1-4-6-8-10-11-12-13-14-16-28-25-41-34(42-26-28)29-18-20-30(21-19-29)35(43)45-31-22-23-32(27(3)24-31)36(44)46-33(37(38,39)40)17-15-9-7-5-2/h18-26,33H,4-17H2,1-3H3/t33-/m1/s1. The minimum Gasteiger partial charge on any atom is -0.449 e. The molecule has 1 heterocycles. The van der Waals surface area contributed by atoms with Crippen LogP contribution in [0.25, 0.3) is 11.4 Å². The predicted molar refractivity (Wildman–Crippen MR) is 174 cm³/mol. The van der Waals surface area contributed by atoms with Crippen LogP contribution in [0.3, 0.4) is 0 Å².